The molecule has 0 radical (unpaired) electrons. The molecule has 0 saturated carbocycles. The highest BCUT2D eigenvalue weighted by Gasteiger charge is 2.30. The second kappa shape index (κ2) is 8.64. The van der Waals surface area contributed by atoms with Gasteiger partial charge in [-0.25, -0.2) is 4.98 Å². The van der Waals surface area contributed by atoms with Gasteiger partial charge in [0, 0.05) is 36.6 Å². The Morgan fingerprint density at radius 2 is 2.24 bits per heavy atom. The van der Waals surface area contributed by atoms with Crippen molar-refractivity contribution in [3.05, 3.63) is 23.9 Å². The van der Waals surface area contributed by atoms with Gasteiger partial charge in [-0.3, -0.25) is 4.99 Å². The summed E-state index contributed by atoms with van der Waals surface area (Å²) >= 11 is 1.94. The van der Waals surface area contributed by atoms with E-state index in [-0.39, 0.29) is 17.2 Å². The van der Waals surface area contributed by atoms with Gasteiger partial charge < -0.3 is 15.4 Å². The minimum Gasteiger partial charge on any atom is -0.468 e. The molecule has 0 bridgehead atoms. The number of ether oxygens (including phenoxy) is 1. The van der Waals surface area contributed by atoms with Crippen molar-refractivity contribution < 1.29 is 17.9 Å². The fourth-order valence-corrected chi connectivity index (χ4v) is 3.73. The number of halogens is 3. The first-order chi connectivity index (χ1) is 11.8. The Balaban J connectivity index is 1.88. The van der Waals surface area contributed by atoms with Gasteiger partial charge in [0.05, 0.1) is 0 Å². The third-order valence-corrected chi connectivity index (χ3v) is 5.36. The summed E-state index contributed by atoms with van der Waals surface area (Å²) in [6.45, 7) is 1.90. The number of alkyl halides is 3. The average Bonchev–Trinajstić information content (AvgIpc) is 3.00. The van der Waals surface area contributed by atoms with Crippen LogP contribution in [0.3, 0.4) is 0 Å². The molecule has 25 heavy (non-hydrogen) atoms. The first-order valence-electron chi connectivity index (χ1n) is 8.03. The molecule has 2 heterocycles. The SMILES string of the molecule is CN=C(NCc1cccnc1OCC(F)(F)F)NCC1(C)CCCS1. The Kier molecular flexibility index (Phi) is 6.80. The third kappa shape index (κ3) is 6.64. The molecule has 1 fully saturated rings. The lowest BCUT2D eigenvalue weighted by atomic mass is 10.1. The van der Waals surface area contributed by atoms with Crippen LogP contribution in [-0.4, -0.2) is 47.8 Å². The van der Waals surface area contributed by atoms with E-state index in [9.17, 15) is 13.2 Å². The van der Waals surface area contributed by atoms with Crippen LogP contribution in [0.25, 0.3) is 0 Å². The summed E-state index contributed by atoms with van der Waals surface area (Å²) in [7, 11) is 1.66. The molecule has 2 rings (SSSR count). The van der Waals surface area contributed by atoms with E-state index in [2.05, 4.69) is 27.5 Å². The zero-order valence-electron chi connectivity index (χ0n) is 14.3. The van der Waals surface area contributed by atoms with Crippen molar-refractivity contribution in [3.63, 3.8) is 0 Å². The van der Waals surface area contributed by atoms with Crippen LogP contribution in [0.15, 0.2) is 23.3 Å². The van der Waals surface area contributed by atoms with Gasteiger partial charge in [0.1, 0.15) is 0 Å². The maximum absolute atomic E-state index is 12.3. The molecule has 1 aliphatic rings. The van der Waals surface area contributed by atoms with Crippen molar-refractivity contribution in [2.24, 2.45) is 4.99 Å². The second-order valence-electron chi connectivity index (χ2n) is 6.05. The molecule has 1 aliphatic heterocycles. The summed E-state index contributed by atoms with van der Waals surface area (Å²) in [6.07, 6.45) is -0.626. The minimum absolute atomic E-state index is 0.0268. The molecule has 1 atom stereocenters. The molecule has 9 heteroatoms. The number of hydrogen-bond acceptors (Lipinski definition) is 4. The molecule has 0 amide bonds. The Morgan fingerprint density at radius 1 is 1.44 bits per heavy atom. The predicted octanol–water partition coefficient (Wildman–Crippen LogP) is 2.97. The molecule has 1 aromatic rings. The Labute approximate surface area is 149 Å². The van der Waals surface area contributed by atoms with Crippen molar-refractivity contribution in [1.29, 1.82) is 0 Å². The maximum atomic E-state index is 12.3. The number of pyridine rings is 1. The maximum Gasteiger partial charge on any atom is 0.422 e. The van der Waals surface area contributed by atoms with E-state index in [4.69, 9.17) is 4.74 Å². The minimum atomic E-state index is -4.39. The molecule has 1 unspecified atom stereocenters. The quantitative estimate of drug-likeness (QED) is 0.591. The monoisotopic (exact) mass is 376 g/mol. The lowest BCUT2D eigenvalue weighted by molar-refractivity contribution is -0.154. The molecule has 0 aromatic carbocycles. The van der Waals surface area contributed by atoms with Gasteiger partial charge in [0.25, 0.3) is 0 Å². The molecule has 140 valence electrons. The van der Waals surface area contributed by atoms with E-state index in [1.165, 1.54) is 18.4 Å². The van der Waals surface area contributed by atoms with Crippen molar-refractivity contribution in [2.75, 3.05) is 26.0 Å². The largest absolute Gasteiger partial charge is 0.468 e. The van der Waals surface area contributed by atoms with E-state index in [0.717, 1.165) is 13.0 Å². The molecular weight excluding hydrogens is 353 g/mol. The van der Waals surface area contributed by atoms with Crippen molar-refractivity contribution >= 4 is 17.7 Å². The summed E-state index contributed by atoms with van der Waals surface area (Å²) in [4.78, 5) is 8.03. The first kappa shape index (κ1) is 19.7. The average molecular weight is 376 g/mol. The van der Waals surface area contributed by atoms with Gasteiger partial charge in [0.15, 0.2) is 12.6 Å². The number of nitrogens with zero attached hydrogens (tertiary/aromatic N) is 2. The molecular formula is C16H23F3N4OS. The highest BCUT2D eigenvalue weighted by molar-refractivity contribution is 8.00. The Hall–Kier alpha value is -1.64. The zero-order valence-corrected chi connectivity index (χ0v) is 15.1. The molecule has 1 aromatic heterocycles. The summed E-state index contributed by atoms with van der Waals surface area (Å²) < 4.78 is 42.0. The topological polar surface area (TPSA) is 58.5 Å². The standard InChI is InChI=1S/C16H23F3N4OS/c1-15(6-4-8-25-15)10-23-14(20-2)22-9-12-5-3-7-21-13(12)24-11-16(17,18)19/h3,5,7H,4,6,8-11H2,1-2H3,(H2,20,22,23). The van der Waals surface area contributed by atoms with Crippen molar-refractivity contribution in [3.8, 4) is 5.88 Å². The molecule has 5 nitrogen and oxygen atoms in total. The number of hydrogen-bond donors (Lipinski definition) is 2. The molecule has 0 aliphatic carbocycles. The summed E-state index contributed by atoms with van der Waals surface area (Å²) in [5.74, 6) is 1.74. The summed E-state index contributed by atoms with van der Waals surface area (Å²) in [5, 5.41) is 6.37. The highest BCUT2D eigenvalue weighted by atomic mass is 32.2. The smallest absolute Gasteiger partial charge is 0.422 e. The number of aliphatic imine (C=N–C) groups is 1. The molecule has 2 N–H and O–H groups in total. The van der Waals surface area contributed by atoms with Crippen LogP contribution in [0.1, 0.15) is 25.3 Å². The van der Waals surface area contributed by atoms with Crippen molar-refractivity contribution in [2.45, 2.75) is 37.2 Å². The fourth-order valence-electron chi connectivity index (χ4n) is 2.49. The summed E-state index contributed by atoms with van der Waals surface area (Å²) in [6, 6.07) is 3.33. The van der Waals surface area contributed by atoms with E-state index >= 15 is 0 Å². The normalized spacial score (nSPS) is 21.2. The van der Waals surface area contributed by atoms with E-state index in [1.54, 1.807) is 19.2 Å². The first-order valence-corrected chi connectivity index (χ1v) is 9.02. The van der Waals surface area contributed by atoms with Crippen molar-refractivity contribution in [1.82, 2.24) is 15.6 Å². The second-order valence-corrected chi connectivity index (χ2v) is 7.74. The Bertz CT molecular complexity index is 589. The van der Waals surface area contributed by atoms with Crippen LogP contribution in [0, 0.1) is 0 Å². The lowest BCUT2D eigenvalue weighted by Gasteiger charge is -2.24. The predicted molar refractivity (Wildman–Crippen MR) is 94.1 cm³/mol. The lowest BCUT2D eigenvalue weighted by Crippen LogP contribution is -2.43. The third-order valence-electron chi connectivity index (χ3n) is 3.82. The fraction of sp³-hybridized carbons (Fsp3) is 0.625. The van der Waals surface area contributed by atoms with Gasteiger partial charge in [-0.15, -0.1) is 0 Å². The highest BCUT2D eigenvalue weighted by Crippen LogP contribution is 2.36. The van der Waals surface area contributed by atoms with Gasteiger partial charge in [-0.1, -0.05) is 6.07 Å². The number of rotatable bonds is 6. The van der Waals surface area contributed by atoms with Crippen LogP contribution < -0.4 is 15.4 Å². The number of aromatic nitrogens is 1. The number of thioether (sulfide) groups is 1. The van der Waals surface area contributed by atoms with Crippen LogP contribution in [0.2, 0.25) is 0 Å². The van der Waals surface area contributed by atoms with Crippen LogP contribution in [-0.2, 0) is 6.54 Å². The van der Waals surface area contributed by atoms with E-state index in [0.29, 0.717) is 11.5 Å². The van der Waals surface area contributed by atoms with Crippen LogP contribution in [0.4, 0.5) is 13.2 Å². The van der Waals surface area contributed by atoms with Gasteiger partial charge in [0.2, 0.25) is 5.88 Å². The van der Waals surface area contributed by atoms with Gasteiger partial charge in [-0.2, -0.15) is 24.9 Å². The zero-order chi connectivity index (χ0) is 18.3. The van der Waals surface area contributed by atoms with E-state index in [1.807, 2.05) is 11.8 Å². The molecule has 1 saturated heterocycles. The van der Waals surface area contributed by atoms with Gasteiger partial charge in [-0.05, 0) is 31.6 Å². The Morgan fingerprint density at radius 3 is 2.88 bits per heavy atom. The van der Waals surface area contributed by atoms with Crippen LogP contribution in [0.5, 0.6) is 5.88 Å². The number of guanidine groups is 1. The summed E-state index contributed by atoms with van der Waals surface area (Å²) in [5.41, 5.74) is 0.538. The van der Waals surface area contributed by atoms with E-state index < -0.39 is 12.8 Å². The van der Waals surface area contributed by atoms with Gasteiger partial charge >= 0.3 is 6.18 Å². The molecule has 0 spiro atoms. The number of nitrogens with one attached hydrogen (secondary N) is 2. The van der Waals surface area contributed by atoms with Crippen LogP contribution >= 0.6 is 11.8 Å².